The lowest BCUT2D eigenvalue weighted by atomic mass is 10.4. The van der Waals surface area contributed by atoms with Gasteiger partial charge in [0.2, 0.25) is 5.91 Å². The number of aromatic nitrogens is 4. The van der Waals surface area contributed by atoms with Crippen LogP contribution >= 0.6 is 27.7 Å². The van der Waals surface area contributed by atoms with Crippen molar-refractivity contribution in [2.75, 3.05) is 11.1 Å². The molecule has 1 amide bonds. The molecule has 1 N–H and O–H groups in total. The Balaban J connectivity index is 1.88. The summed E-state index contributed by atoms with van der Waals surface area (Å²) < 4.78 is 2.71. The zero-order chi connectivity index (χ0) is 13.8. The van der Waals surface area contributed by atoms with E-state index in [4.69, 9.17) is 0 Å². The van der Waals surface area contributed by atoms with Gasteiger partial charge in [0.1, 0.15) is 11.6 Å². The number of rotatable bonds is 4. The van der Waals surface area contributed by atoms with Gasteiger partial charge in [-0.1, -0.05) is 11.8 Å². The van der Waals surface area contributed by atoms with E-state index in [1.165, 1.54) is 11.8 Å². The predicted molar refractivity (Wildman–Crippen MR) is 77.0 cm³/mol. The molecule has 0 aliphatic heterocycles. The fraction of sp³-hybridized carbons (Fsp3) is 0.273. The maximum atomic E-state index is 11.7. The Morgan fingerprint density at radius 2 is 2.26 bits per heavy atom. The summed E-state index contributed by atoms with van der Waals surface area (Å²) in [6.45, 7) is 1.86. The number of nitrogens with one attached hydrogen (secondary N) is 1. The number of thioether (sulfide) groups is 1. The zero-order valence-corrected chi connectivity index (χ0v) is 12.8. The van der Waals surface area contributed by atoms with Gasteiger partial charge in [0, 0.05) is 17.7 Å². The van der Waals surface area contributed by atoms with Crippen molar-refractivity contribution in [2.24, 2.45) is 7.05 Å². The van der Waals surface area contributed by atoms with Crippen molar-refractivity contribution in [1.29, 1.82) is 0 Å². The minimum Gasteiger partial charge on any atom is -0.310 e. The van der Waals surface area contributed by atoms with Crippen LogP contribution in [-0.2, 0) is 11.8 Å². The predicted octanol–water partition coefficient (Wildman–Crippen LogP) is 2.01. The number of hydrogen-bond donors (Lipinski definition) is 1. The molecule has 2 aromatic heterocycles. The highest BCUT2D eigenvalue weighted by Gasteiger charge is 2.09. The summed E-state index contributed by atoms with van der Waals surface area (Å²) >= 11 is 4.62. The Morgan fingerprint density at radius 1 is 1.47 bits per heavy atom. The number of anilines is 1. The molecule has 8 heteroatoms. The number of halogens is 1. The van der Waals surface area contributed by atoms with E-state index in [0.717, 1.165) is 15.5 Å². The molecule has 0 aromatic carbocycles. The van der Waals surface area contributed by atoms with Crippen LogP contribution in [0.1, 0.15) is 5.82 Å². The third kappa shape index (κ3) is 3.77. The lowest BCUT2D eigenvalue weighted by molar-refractivity contribution is -0.113. The molecule has 0 saturated carbocycles. The van der Waals surface area contributed by atoms with Gasteiger partial charge in [-0.25, -0.2) is 4.98 Å². The van der Waals surface area contributed by atoms with Crippen molar-refractivity contribution in [3.63, 3.8) is 0 Å². The topological polar surface area (TPSA) is 72.7 Å². The van der Waals surface area contributed by atoms with E-state index in [1.807, 2.05) is 24.6 Å². The second-order valence-electron chi connectivity index (χ2n) is 3.79. The summed E-state index contributed by atoms with van der Waals surface area (Å²) in [6.07, 6.45) is 1.63. The first-order valence-electron chi connectivity index (χ1n) is 5.46. The Kier molecular flexibility index (Phi) is 4.54. The standard InChI is InChI=1S/C11H12BrN5OS/c1-7-15-16-11(17(7)2)19-6-10(18)14-9-4-3-8(12)5-13-9/h3-5H,6H2,1-2H3,(H,13,14,18). The van der Waals surface area contributed by atoms with Crippen molar-refractivity contribution < 1.29 is 4.79 Å². The van der Waals surface area contributed by atoms with Gasteiger partial charge in [0.05, 0.1) is 5.75 Å². The maximum Gasteiger partial charge on any atom is 0.236 e. The van der Waals surface area contributed by atoms with E-state index in [1.54, 1.807) is 12.3 Å². The molecule has 0 radical (unpaired) electrons. The minimum absolute atomic E-state index is 0.125. The molecule has 0 aliphatic carbocycles. The lowest BCUT2D eigenvalue weighted by Crippen LogP contribution is -2.15. The van der Waals surface area contributed by atoms with Gasteiger partial charge in [-0.3, -0.25) is 4.79 Å². The van der Waals surface area contributed by atoms with Gasteiger partial charge < -0.3 is 9.88 Å². The molecular weight excluding hydrogens is 330 g/mol. The van der Waals surface area contributed by atoms with Crippen molar-refractivity contribution in [1.82, 2.24) is 19.7 Å². The molecule has 2 heterocycles. The minimum atomic E-state index is -0.125. The molecule has 100 valence electrons. The molecular formula is C11H12BrN5OS. The van der Waals surface area contributed by atoms with E-state index in [-0.39, 0.29) is 11.7 Å². The van der Waals surface area contributed by atoms with E-state index in [9.17, 15) is 4.79 Å². The van der Waals surface area contributed by atoms with Crippen LogP contribution in [0.5, 0.6) is 0 Å². The molecule has 0 fully saturated rings. The van der Waals surface area contributed by atoms with Gasteiger partial charge in [0.25, 0.3) is 0 Å². The largest absolute Gasteiger partial charge is 0.310 e. The second kappa shape index (κ2) is 6.16. The Labute approximate surface area is 123 Å². The first-order valence-corrected chi connectivity index (χ1v) is 7.24. The number of carbonyl (C=O) groups is 1. The molecule has 19 heavy (non-hydrogen) atoms. The van der Waals surface area contributed by atoms with Crippen LogP contribution < -0.4 is 5.32 Å². The SMILES string of the molecule is Cc1nnc(SCC(=O)Nc2ccc(Br)cn2)n1C. The smallest absolute Gasteiger partial charge is 0.236 e. The molecule has 0 atom stereocenters. The zero-order valence-electron chi connectivity index (χ0n) is 10.4. The van der Waals surface area contributed by atoms with Gasteiger partial charge in [-0.05, 0) is 35.0 Å². The molecule has 6 nitrogen and oxygen atoms in total. The number of hydrogen-bond acceptors (Lipinski definition) is 5. The average molecular weight is 342 g/mol. The van der Waals surface area contributed by atoms with Crippen LogP contribution in [0.3, 0.4) is 0 Å². The number of pyridine rings is 1. The first-order chi connectivity index (χ1) is 9.06. The average Bonchev–Trinajstić information content (AvgIpc) is 2.70. The Bertz CT molecular complexity index is 583. The Morgan fingerprint density at radius 3 is 2.84 bits per heavy atom. The van der Waals surface area contributed by atoms with Gasteiger partial charge in [0.15, 0.2) is 5.16 Å². The third-order valence-electron chi connectivity index (χ3n) is 2.38. The lowest BCUT2D eigenvalue weighted by Gasteiger charge is -2.04. The molecule has 0 aliphatic rings. The fourth-order valence-electron chi connectivity index (χ4n) is 1.27. The van der Waals surface area contributed by atoms with Crippen molar-refractivity contribution in [2.45, 2.75) is 12.1 Å². The van der Waals surface area contributed by atoms with Gasteiger partial charge >= 0.3 is 0 Å². The summed E-state index contributed by atoms with van der Waals surface area (Å²) in [4.78, 5) is 15.8. The molecule has 0 unspecified atom stereocenters. The van der Waals surface area contributed by atoms with E-state index in [0.29, 0.717) is 5.82 Å². The summed E-state index contributed by atoms with van der Waals surface area (Å²) in [5.74, 6) is 1.49. The highest BCUT2D eigenvalue weighted by Crippen LogP contribution is 2.16. The van der Waals surface area contributed by atoms with E-state index < -0.39 is 0 Å². The fourth-order valence-corrected chi connectivity index (χ4v) is 2.26. The quantitative estimate of drug-likeness (QED) is 0.861. The second-order valence-corrected chi connectivity index (χ2v) is 5.65. The van der Waals surface area contributed by atoms with Crippen LogP contribution in [-0.4, -0.2) is 31.4 Å². The molecule has 0 saturated heterocycles. The normalized spacial score (nSPS) is 10.5. The molecule has 2 rings (SSSR count). The van der Waals surface area contributed by atoms with Crippen LogP contribution in [0.15, 0.2) is 28.0 Å². The summed E-state index contributed by atoms with van der Waals surface area (Å²) in [6, 6.07) is 3.56. The molecule has 0 bridgehead atoms. The third-order valence-corrected chi connectivity index (χ3v) is 3.87. The Hall–Kier alpha value is -1.41. The van der Waals surface area contributed by atoms with E-state index in [2.05, 4.69) is 36.4 Å². The highest BCUT2D eigenvalue weighted by atomic mass is 79.9. The van der Waals surface area contributed by atoms with Crippen LogP contribution in [0.25, 0.3) is 0 Å². The van der Waals surface area contributed by atoms with Crippen LogP contribution in [0.4, 0.5) is 5.82 Å². The summed E-state index contributed by atoms with van der Waals surface area (Å²) in [5.41, 5.74) is 0. The molecule has 2 aromatic rings. The highest BCUT2D eigenvalue weighted by molar-refractivity contribution is 9.10. The van der Waals surface area contributed by atoms with Gasteiger partial charge in [-0.15, -0.1) is 10.2 Å². The van der Waals surface area contributed by atoms with Crippen molar-refractivity contribution in [3.05, 3.63) is 28.6 Å². The van der Waals surface area contributed by atoms with Crippen LogP contribution in [0, 0.1) is 6.92 Å². The monoisotopic (exact) mass is 341 g/mol. The molecule has 0 spiro atoms. The number of nitrogens with zero attached hydrogens (tertiary/aromatic N) is 4. The summed E-state index contributed by atoms with van der Waals surface area (Å²) in [7, 11) is 1.87. The van der Waals surface area contributed by atoms with Crippen molar-refractivity contribution >= 4 is 39.4 Å². The number of amides is 1. The number of carbonyl (C=O) groups excluding carboxylic acids is 1. The van der Waals surface area contributed by atoms with Crippen LogP contribution in [0.2, 0.25) is 0 Å². The maximum absolute atomic E-state index is 11.7. The van der Waals surface area contributed by atoms with Gasteiger partial charge in [-0.2, -0.15) is 0 Å². The number of aryl methyl sites for hydroxylation is 1. The van der Waals surface area contributed by atoms with Crippen molar-refractivity contribution in [3.8, 4) is 0 Å². The van der Waals surface area contributed by atoms with E-state index >= 15 is 0 Å². The first kappa shape index (κ1) is 14.0. The summed E-state index contributed by atoms with van der Waals surface area (Å²) in [5, 5.41) is 11.3.